The summed E-state index contributed by atoms with van der Waals surface area (Å²) in [5.41, 5.74) is 0.871. The van der Waals surface area contributed by atoms with E-state index in [0.29, 0.717) is 5.15 Å². The van der Waals surface area contributed by atoms with E-state index in [4.69, 9.17) is 11.6 Å². The molecule has 120 valence electrons. The summed E-state index contributed by atoms with van der Waals surface area (Å²) in [6, 6.07) is 3.59. The highest BCUT2D eigenvalue weighted by molar-refractivity contribution is 6.29. The molecular weight excluding hydrogens is 282 g/mol. The van der Waals surface area contributed by atoms with Gasteiger partial charge in [0.15, 0.2) is 0 Å². The monoisotopic (exact) mass is 311 g/mol. The van der Waals surface area contributed by atoms with Gasteiger partial charge in [0.25, 0.3) is 0 Å². The topological polar surface area (TPSA) is 33.1 Å². The lowest BCUT2D eigenvalue weighted by Crippen LogP contribution is -1.98. The first-order chi connectivity index (χ1) is 10.2. The van der Waals surface area contributed by atoms with Crippen LogP contribution in [0.1, 0.15) is 89.2 Å². The van der Waals surface area contributed by atoms with Crippen molar-refractivity contribution >= 4 is 11.6 Å². The first kappa shape index (κ1) is 18.4. The van der Waals surface area contributed by atoms with Crippen molar-refractivity contribution in [2.75, 3.05) is 0 Å². The van der Waals surface area contributed by atoms with Gasteiger partial charge in [-0.05, 0) is 18.1 Å². The summed E-state index contributed by atoms with van der Waals surface area (Å²) < 4.78 is 0. The maximum Gasteiger partial charge on any atom is 0.129 e. The van der Waals surface area contributed by atoms with Crippen LogP contribution in [-0.2, 0) is 0 Å². The molecule has 1 aromatic heterocycles. The summed E-state index contributed by atoms with van der Waals surface area (Å²) in [5.74, 6) is 0. The molecule has 0 fully saturated rings. The van der Waals surface area contributed by atoms with Crippen molar-refractivity contribution in [3.63, 3.8) is 0 Å². The lowest BCUT2D eigenvalue weighted by Gasteiger charge is -2.10. The fourth-order valence-corrected chi connectivity index (χ4v) is 2.69. The molecule has 3 heteroatoms. The van der Waals surface area contributed by atoms with E-state index >= 15 is 0 Å². The predicted octanol–water partition coefficient (Wildman–Crippen LogP) is 6.08. The van der Waals surface area contributed by atoms with E-state index in [1.165, 1.54) is 57.8 Å². The Morgan fingerprint density at radius 1 is 0.952 bits per heavy atom. The Kier molecular flexibility index (Phi) is 10.5. The minimum atomic E-state index is -0.399. The summed E-state index contributed by atoms with van der Waals surface area (Å²) in [7, 11) is 0. The predicted molar refractivity (Wildman–Crippen MR) is 90.7 cm³/mol. The number of halogens is 1. The number of hydrogen-bond donors (Lipinski definition) is 1. The van der Waals surface area contributed by atoms with Crippen LogP contribution in [-0.4, -0.2) is 10.1 Å². The van der Waals surface area contributed by atoms with Crippen LogP contribution in [0.3, 0.4) is 0 Å². The fraction of sp³-hybridized carbons (Fsp3) is 0.722. The van der Waals surface area contributed by atoms with Crippen LogP contribution >= 0.6 is 11.6 Å². The minimum absolute atomic E-state index is 0.399. The second-order valence-corrected chi connectivity index (χ2v) is 6.29. The van der Waals surface area contributed by atoms with Gasteiger partial charge in [-0.2, -0.15) is 0 Å². The van der Waals surface area contributed by atoms with Crippen molar-refractivity contribution in [2.45, 2.75) is 83.7 Å². The van der Waals surface area contributed by atoms with E-state index in [1.807, 2.05) is 6.07 Å². The molecule has 0 aromatic carbocycles. The molecule has 0 bridgehead atoms. The zero-order valence-electron chi connectivity index (χ0n) is 13.4. The molecule has 0 radical (unpaired) electrons. The number of aromatic nitrogens is 1. The summed E-state index contributed by atoms with van der Waals surface area (Å²) in [6.07, 6.45) is 15.3. The largest absolute Gasteiger partial charge is 0.388 e. The standard InChI is InChI=1S/C18H30ClNO/c1-2-3-4-5-6-7-8-9-10-11-12-17(21)16-13-14-18(19)20-15-16/h13-15,17,21H,2-12H2,1H3. The Bertz CT molecular complexity index is 353. The van der Waals surface area contributed by atoms with Crippen LogP contribution in [0.5, 0.6) is 0 Å². The molecule has 2 nitrogen and oxygen atoms in total. The number of rotatable bonds is 12. The molecule has 0 aliphatic heterocycles. The molecule has 1 unspecified atom stereocenters. The summed E-state index contributed by atoms with van der Waals surface area (Å²) in [4.78, 5) is 4.00. The number of pyridine rings is 1. The highest BCUT2D eigenvalue weighted by Gasteiger charge is 2.07. The van der Waals surface area contributed by atoms with Gasteiger partial charge in [0.1, 0.15) is 5.15 Å². The van der Waals surface area contributed by atoms with Gasteiger partial charge in [-0.3, -0.25) is 0 Å². The Labute approximate surface area is 134 Å². The van der Waals surface area contributed by atoms with Gasteiger partial charge in [-0.1, -0.05) is 88.8 Å². The Morgan fingerprint density at radius 3 is 2.05 bits per heavy atom. The van der Waals surface area contributed by atoms with Gasteiger partial charge in [-0.25, -0.2) is 4.98 Å². The van der Waals surface area contributed by atoms with Gasteiger partial charge in [0.2, 0.25) is 0 Å². The van der Waals surface area contributed by atoms with Crippen LogP contribution in [0.2, 0.25) is 5.15 Å². The molecule has 0 spiro atoms. The van der Waals surface area contributed by atoms with E-state index < -0.39 is 6.10 Å². The summed E-state index contributed by atoms with van der Waals surface area (Å²) >= 11 is 5.74. The maximum atomic E-state index is 10.1. The van der Waals surface area contributed by atoms with Crippen molar-refractivity contribution < 1.29 is 5.11 Å². The maximum absolute atomic E-state index is 10.1. The van der Waals surface area contributed by atoms with Crippen molar-refractivity contribution in [3.05, 3.63) is 29.0 Å². The molecule has 1 N–H and O–H groups in total. The summed E-state index contributed by atoms with van der Waals surface area (Å²) in [5, 5.41) is 10.5. The Balaban J connectivity index is 1.95. The van der Waals surface area contributed by atoms with Gasteiger partial charge in [0.05, 0.1) is 6.10 Å². The van der Waals surface area contributed by atoms with E-state index in [1.54, 1.807) is 12.3 Å². The van der Waals surface area contributed by atoms with Crippen molar-refractivity contribution in [1.82, 2.24) is 4.98 Å². The van der Waals surface area contributed by atoms with E-state index in [9.17, 15) is 5.11 Å². The average Bonchev–Trinajstić information content (AvgIpc) is 2.49. The van der Waals surface area contributed by atoms with Crippen LogP contribution in [0.4, 0.5) is 0 Å². The number of aliphatic hydroxyl groups excluding tert-OH is 1. The molecule has 0 aliphatic rings. The zero-order chi connectivity index (χ0) is 15.3. The van der Waals surface area contributed by atoms with E-state index in [2.05, 4.69) is 11.9 Å². The SMILES string of the molecule is CCCCCCCCCCCCC(O)c1ccc(Cl)nc1. The number of nitrogens with zero attached hydrogens (tertiary/aromatic N) is 1. The van der Waals surface area contributed by atoms with Gasteiger partial charge >= 0.3 is 0 Å². The molecular formula is C18H30ClNO. The second kappa shape index (κ2) is 12.0. The lowest BCUT2D eigenvalue weighted by atomic mass is 10.0. The number of unbranched alkanes of at least 4 members (excludes halogenated alkanes) is 9. The van der Waals surface area contributed by atoms with E-state index in [0.717, 1.165) is 18.4 Å². The first-order valence-corrected chi connectivity index (χ1v) is 8.91. The molecule has 0 saturated carbocycles. The van der Waals surface area contributed by atoms with Crippen molar-refractivity contribution in [3.8, 4) is 0 Å². The number of aliphatic hydroxyl groups is 1. The highest BCUT2D eigenvalue weighted by Crippen LogP contribution is 2.20. The lowest BCUT2D eigenvalue weighted by molar-refractivity contribution is 0.163. The molecule has 1 atom stereocenters. The van der Waals surface area contributed by atoms with Crippen LogP contribution in [0.15, 0.2) is 18.3 Å². The Morgan fingerprint density at radius 2 is 1.52 bits per heavy atom. The van der Waals surface area contributed by atoms with Crippen molar-refractivity contribution in [1.29, 1.82) is 0 Å². The molecule has 1 rings (SSSR count). The van der Waals surface area contributed by atoms with Crippen LogP contribution in [0, 0.1) is 0 Å². The molecule has 21 heavy (non-hydrogen) atoms. The normalized spacial score (nSPS) is 12.5. The van der Waals surface area contributed by atoms with Gasteiger partial charge in [0, 0.05) is 6.20 Å². The third-order valence-electron chi connectivity index (χ3n) is 3.97. The third kappa shape index (κ3) is 9.10. The number of hydrogen-bond acceptors (Lipinski definition) is 2. The van der Waals surface area contributed by atoms with Gasteiger partial charge < -0.3 is 5.11 Å². The summed E-state index contributed by atoms with van der Waals surface area (Å²) in [6.45, 7) is 2.26. The highest BCUT2D eigenvalue weighted by atomic mass is 35.5. The second-order valence-electron chi connectivity index (χ2n) is 5.90. The first-order valence-electron chi connectivity index (χ1n) is 8.53. The molecule has 0 amide bonds. The third-order valence-corrected chi connectivity index (χ3v) is 4.19. The zero-order valence-corrected chi connectivity index (χ0v) is 14.1. The van der Waals surface area contributed by atoms with Crippen LogP contribution in [0.25, 0.3) is 0 Å². The van der Waals surface area contributed by atoms with Gasteiger partial charge in [-0.15, -0.1) is 0 Å². The smallest absolute Gasteiger partial charge is 0.129 e. The average molecular weight is 312 g/mol. The fourth-order valence-electron chi connectivity index (χ4n) is 2.58. The quantitative estimate of drug-likeness (QED) is 0.375. The molecule has 1 heterocycles. The molecule has 1 aromatic rings. The Hall–Kier alpha value is -0.600. The van der Waals surface area contributed by atoms with Crippen molar-refractivity contribution in [2.24, 2.45) is 0 Å². The van der Waals surface area contributed by atoms with Crippen LogP contribution < -0.4 is 0 Å². The molecule has 0 saturated heterocycles. The molecule has 0 aliphatic carbocycles. The minimum Gasteiger partial charge on any atom is -0.388 e. The van der Waals surface area contributed by atoms with E-state index in [-0.39, 0.29) is 0 Å².